The second kappa shape index (κ2) is 35.2. The van der Waals surface area contributed by atoms with Crippen molar-refractivity contribution in [1.82, 2.24) is 60.0 Å². The monoisotopic (exact) mass is 1430 g/mol. The first kappa shape index (κ1) is 81.6. The lowest BCUT2D eigenvalue weighted by molar-refractivity contribution is -0.201. The van der Waals surface area contributed by atoms with E-state index in [0.717, 1.165) is 9.80 Å². The molecule has 2 aliphatic carbocycles. The van der Waals surface area contributed by atoms with E-state index in [1.54, 1.807) is 18.7 Å². The molecule has 26 nitrogen and oxygen atoms in total. The number of carbonyl (C=O) groups excluding carboxylic acids is 12. The van der Waals surface area contributed by atoms with Crippen molar-refractivity contribution < 1.29 is 84.6 Å². The maximum Gasteiger partial charge on any atom is 0.394 e. The molecular formula is C71H114F4N12O14. The molecule has 5 unspecified atom stereocenters. The average Bonchev–Trinajstić information content (AvgIpc) is 1.77. The first-order chi connectivity index (χ1) is 47.5. The summed E-state index contributed by atoms with van der Waals surface area (Å²) in [6, 6.07) is -12.3. The zero-order chi connectivity index (χ0) is 74.9. The summed E-state index contributed by atoms with van der Waals surface area (Å²) in [7, 11) is 8.36. The predicted octanol–water partition coefficient (Wildman–Crippen LogP) is 4.05. The molecule has 7 aliphatic rings. The fourth-order valence-electron chi connectivity index (χ4n) is 16.0. The van der Waals surface area contributed by atoms with E-state index < -0.39 is 193 Å². The van der Waals surface area contributed by atoms with E-state index in [1.165, 1.54) is 78.6 Å². The van der Waals surface area contributed by atoms with Crippen molar-refractivity contribution in [1.29, 1.82) is 0 Å². The summed E-state index contributed by atoms with van der Waals surface area (Å²) < 4.78 is 68.5. The Hall–Kier alpha value is -6.72. The van der Waals surface area contributed by atoms with Crippen molar-refractivity contribution in [3.63, 3.8) is 0 Å². The quantitative estimate of drug-likeness (QED) is 0.164. The first-order valence-corrected chi connectivity index (χ1v) is 36.8. The Bertz CT molecular complexity index is 2980. The zero-order valence-corrected chi connectivity index (χ0v) is 62.0. The molecule has 0 aromatic rings. The van der Waals surface area contributed by atoms with Crippen LogP contribution in [0.5, 0.6) is 0 Å². The van der Waals surface area contributed by atoms with Crippen LogP contribution in [0, 0.1) is 29.6 Å². The molecule has 1 spiro atoms. The number of morpholine rings is 1. The van der Waals surface area contributed by atoms with Crippen molar-refractivity contribution in [2.45, 2.75) is 262 Å². The number of likely N-dealkylation sites (N-methyl/N-ethyl adjacent to an activating group) is 6. The van der Waals surface area contributed by atoms with Gasteiger partial charge >= 0.3 is 6.18 Å². The van der Waals surface area contributed by atoms with Crippen LogP contribution in [0.1, 0.15) is 177 Å². The SMILES string of the molecule is CCCOC[C@H]1C(=O)N(C)CC(=O)N[C@@H](CCC2CCC(C(F)(F)F)C(F)C2)C(=O)N2CCC[C@H]2C(=O)NC2(CCCC2)C(=O)N(C)[C@@H]([C@@H](C)CC)C(=O)N(C)[C@H](C(=O)N2C3CCC2COC3)CC(=O)N(C)[C@@H](CC(C)C)C(=O)N[C@@H]([C@@H](C)CC)C(=O)N(C)[C@@H](C)C(=O)N2CC[C@H]2C(=O)N1C. The number of alkyl halides is 4. The third-order valence-electron chi connectivity index (χ3n) is 23.0. The number of hydrogen-bond donors (Lipinski definition) is 3. The van der Waals surface area contributed by atoms with Crippen LogP contribution in [0.15, 0.2) is 0 Å². The highest BCUT2D eigenvalue weighted by Crippen LogP contribution is 2.43. The van der Waals surface area contributed by atoms with Gasteiger partial charge in [-0.25, -0.2) is 4.39 Å². The Kier molecular flexibility index (Phi) is 28.4. The maximum atomic E-state index is 15.7. The van der Waals surface area contributed by atoms with Gasteiger partial charge in [0.2, 0.25) is 70.9 Å². The summed E-state index contributed by atoms with van der Waals surface area (Å²) >= 11 is 0. The Morgan fingerprint density at radius 1 is 0.653 bits per heavy atom. The second-order valence-electron chi connectivity index (χ2n) is 30.3. The molecule has 0 radical (unpaired) electrons. The van der Waals surface area contributed by atoms with E-state index in [4.69, 9.17) is 9.47 Å². The molecule has 16 atom stereocenters. The summed E-state index contributed by atoms with van der Waals surface area (Å²) in [5, 5.41) is 8.68. The van der Waals surface area contributed by atoms with Gasteiger partial charge in [-0.2, -0.15) is 13.2 Å². The van der Waals surface area contributed by atoms with Gasteiger partial charge in [0, 0.05) is 62.0 Å². The number of carbonyl (C=O) groups is 12. The largest absolute Gasteiger partial charge is 0.394 e. The summed E-state index contributed by atoms with van der Waals surface area (Å²) in [6.45, 7) is 13.9. The van der Waals surface area contributed by atoms with Crippen LogP contribution in [0.3, 0.4) is 0 Å². The Morgan fingerprint density at radius 3 is 1.86 bits per heavy atom. The van der Waals surface area contributed by atoms with E-state index in [-0.39, 0.29) is 109 Å². The number of halogens is 4. The summed E-state index contributed by atoms with van der Waals surface area (Å²) in [5.74, 6) is -12.3. The van der Waals surface area contributed by atoms with Crippen LogP contribution in [0.2, 0.25) is 0 Å². The summed E-state index contributed by atoms with van der Waals surface area (Å²) in [5.41, 5.74) is -1.61. The van der Waals surface area contributed by atoms with E-state index in [0.29, 0.717) is 51.4 Å². The van der Waals surface area contributed by atoms with E-state index in [9.17, 15) is 41.9 Å². The van der Waals surface area contributed by atoms with Crippen LogP contribution < -0.4 is 16.0 Å². The molecule has 12 amide bonds. The standard InChI is InChI=1S/C71H114F4N12O14/c1-15-33-100-40-55-64(94)79(9)37-56(88)76-50(27-23-45-22-26-48(49(72)35-45)71(73,74)75)63(93)85-31-20-21-51(85)61(91)78-70(29-18-19-30-70)69(99)84(14)59(43(7)17-3)68(98)82(12)54(66(96)87-46-24-25-47(87)39-101-38-46)36-57(89)81(11)53(34-41(4)5)60(90)77-58(42(6)16-2)67(97)80(10)44(8)62(92)86-32-28-52(86)65(95)83(55)13/h41-55,58-59H,15-40H2,1-14H3,(H,76,88)(H,77,90)(H,78,91)/t42-,43-,44-,45?,46?,47?,48?,49?,50-,51-,52-,53-,54-,55-,58-,59-/m0/s1. The predicted molar refractivity (Wildman–Crippen MR) is 364 cm³/mol. The third-order valence-corrected chi connectivity index (χ3v) is 23.0. The molecule has 101 heavy (non-hydrogen) atoms. The van der Waals surface area contributed by atoms with Gasteiger partial charge in [-0.15, -0.1) is 0 Å². The van der Waals surface area contributed by atoms with Gasteiger partial charge in [-0.1, -0.05) is 74.1 Å². The minimum Gasteiger partial charge on any atom is -0.379 e. The fourth-order valence-corrected chi connectivity index (χ4v) is 16.0. The Labute approximate surface area is 593 Å². The normalized spacial score (nSPS) is 31.9. The molecule has 5 heterocycles. The lowest BCUT2D eigenvalue weighted by atomic mass is 9.78. The van der Waals surface area contributed by atoms with Crippen molar-refractivity contribution in [2.24, 2.45) is 29.6 Å². The fraction of sp³-hybridized carbons (Fsp3) is 0.831. The molecule has 30 heteroatoms. The molecule has 2 saturated carbocycles. The van der Waals surface area contributed by atoms with Crippen molar-refractivity contribution in [3.8, 4) is 0 Å². The van der Waals surface area contributed by atoms with E-state index >= 15 is 33.2 Å². The average molecular weight is 1440 g/mol. The van der Waals surface area contributed by atoms with Gasteiger partial charge in [0.1, 0.15) is 66.1 Å². The number of ether oxygens (including phenoxy) is 2. The number of nitrogens with zero attached hydrogens (tertiary/aromatic N) is 9. The van der Waals surface area contributed by atoms with Crippen LogP contribution in [0.4, 0.5) is 17.6 Å². The molecule has 570 valence electrons. The highest BCUT2D eigenvalue weighted by Gasteiger charge is 2.54. The van der Waals surface area contributed by atoms with Crippen LogP contribution in [-0.4, -0.2) is 288 Å². The molecule has 7 fully saturated rings. The lowest BCUT2D eigenvalue weighted by Gasteiger charge is -2.45. The van der Waals surface area contributed by atoms with Crippen LogP contribution in [-0.2, 0) is 67.0 Å². The number of fused-ring (bicyclic) bond motifs is 4. The van der Waals surface area contributed by atoms with Gasteiger partial charge < -0.3 is 69.5 Å². The van der Waals surface area contributed by atoms with Gasteiger partial charge in [-0.05, 0) is 120 Å². The van der Waals surface area contributed by atoms with E-state index in [2.05, 4.69) is 16.0 Å². The number of rotatable bonds is 14. The summed E-state index contributed by atoms with van der Waals surface area (Å²) in [6.07, 6.45) is -4.29. The lowest BCUT2D eigenvalue weighted by Crippen LogP contribution is -2.65. The number of hydrogen-bond acceptors (Lipinski definition) is 14. The van der Waals surface area contributed by atoms with Crippen molar-refractivity contribution in [3.05, 3.63) is 0 Å². The highest BCUT2D eigenvalue weighted by molar-refractivity contribution is 6.01. The third kappa shape index (κ3) is 18.6. The van der Waals surface area contributed by atoms with Crippen LogP contribution >= 0.6 is 0 Å². The molecule has 2 bridgehead atoms. The first-order valence-electron chi connectivity index (χ1n) is 36.8. The van der Waals surface area contributed by atoms with Gasteiger partial charge in [0.15, 0.2) is 0 Å². The number of amides is 12. The molecular weight excluding hydrogens is 1320 g/mol. The van der Waals surface area contributed by atoms with Crippen LogP contribution in [0.25, 0.3) is 0 Å². The number of nitrogens with one attached hydrogen (secondary N) is 3. The Balaban J connectivity index is 1.28. The zero-order valence-electron chi connectivity index (χ0n) is 62.0. The smallest absolute Gasteiger partial charge is 0.379 e. The molecule has 0 aromatic carbocycles. The van der Waals surface area contributed by atoms with Crippen molar-refractivity contribution >= 4 is 70.9 Å². The topological polar surface area (TPSA) is 289 Å². The Morgan fingerprint density at radius 2 is 1.29 bits per heavy atom. The minimum atomic E-state index is -4.76. The van der Waals surface area contributed by atoms with E-state index in [1.807, 2.05) is 34.6 Å². The van der Waals surface area contributed by atoms with Gasteiger partial charge in [0.05, 0.1) is 50.8 Å². The molecule has 5 aliphatic heterocycles. The minimum absolute atomic E-state index is 0.00174. The highest BCUT2D eigenvalue weighted by atomic mass is 19.4. The molecule has 3 N–H and O–H groups in total. The summed E-state index contributed by atoms with van der Waals surface area (Å²) in [4.78, 5) is 192. The maximum absolute atomic E-state index is 15.7. The van der Waals surface area contributed by atoms with Crippen molar-refractivity contribution in [2.75, 3.05) is 88.3 Å². The molecule has 0 aromatic heterocycles. The molecule has 7 rings (SSSR count). The second-order valence-corrected chi connectivity index (χ2v) is 30.3. The van der Waals surface area contributed by atoms with Gasteiger partial charge in [-0.3, -0.25) is 57.5 Å². The van der Waals surface area contributed by atoms with Gasteiger partial charge in [0.25, 0.3) is 0 Å². The molecule has 5 saturated heterocycles.